The number of amides is 2. The van der Waals surface area contributed by atoms with Crippen molar-refractivity contribution in [1.29, 1.82) is 0 Å². The minimum absolute atomic E-state index is 0.0706. The monoisotopic (exact) mass is 356 g/mol. The SMILES string of the molecule is CCCC(CNC(=O)CNC(=O)Cc1cccc2ccccc12)C(=O)O. The minimum Gasteiger partial charge on any atom is -0.481 e. The minimum atomic E-state index is -0.924. The van der Waals surface area contributed by atoms with Gasteiger partial charge < -0.3 is 15.7 Å². The lowest BCUT2D eigenvalue weighted by Crippen LogP contribution is -2.40. The number of hydrogen-bond donors (Lipinski definition) is 3. The van der Waals surface area contributed by atoms with Crippen LogP contribution >= 0.6 is 0 Å². The Morgan fingerprint density at radius 3 is 2.46 bits per heavy atom. The second-order valence-electron chi connectivity index (χ2n) is 6.22. The highest BCUT2D eigenvalue weighted by Crippen LogP contribution is 2.18. The molecule has 0 aliphatic heterocycles. The highest BCUT2D eigenvalue weighted by Gasteiger charge is 2.17. The van der Waals surface area contributed by atoms with E-state index in [0.29, 0.717) is 6.42 Å². The number of hydrogen-bond acceptors (Lipinski definition) is 3. The van der Waals surface area contributed by atoms with Crippen molar-refractivity contribution in [3.05, 3.63) is 48.0 Å². The molecule has 0 saturated heterocycles. The molecule has 6 nitrogen and oxygen atoms in total. The number of carboxylic acid groups (broad SMARTS) is 1. The molecule has 0 radical (unpaired) electrons. The van der Waals surface area contributed by atoms with Crippen molar-refractivity contribution < 1.29 is 19.5 Å². The fourth-order valence-electron chi connectivity index (χ4n) is 2.82. The van der Waals surface area contributed by atoms with E-state index in [4.69, 9.17) is 5.11 Å². The summed E-state index contributed by atoms with van der Waals surface area (Å²) in [6.45, 7) is 1.80. The summed E-state index contributed by atoms with van der Waals surface area (Å²) in [5, 5.41) is 16.3. The lowest BCUT2D eigenvalue weighted by Gasteiger charge is -2.13. The van der Waals surface area contributed by atoms with Crippen molar-refractivity contribution in [3.8, 4) is 0 Å². The van der Waals surface area contributed by atoms with Gasteiger partial charge in [0.15, 0.2) is 0 Å². The lowest BCUT2D eigenvalue weighted by atomic mass is 10.0. The highest BCUT2D eigenvalue weighted by atomic mass is 16.4. The molecule has 0 aliphatic rings. The number of carbonyl (C=O) groups excluding carboxylic acids is 2. The van der Waals surface area contributed by atoms with Crippen molar-refractivity contribution in [3.63, 3.8) is 0 Å². The summed E-state index contributed by atoms with van der Waals surface area (Å²) < 4.78 is 0. The Hall–Kier alpha value is -2.89. The van der Waals surface area contributed by atoms with Crippen molar-refractivity contribution in [2.24, 2.45) is 5.92 Å². The normalized spacial score (nSPS) is 11.7. The molecule has 0 fully saturated rings. The summed E-state index contributed by atoms with van der Waals surface area (Å²) >= 11 is 0. The van der Waals surface area contributed by atoms with E-state index in [1.165, 1.54) is 0 Å². The largest absolute Gasteiger partial charge is 0.481 e. The van der Waals surface area contributed by atoms with E-state index < -0.39 is 17.8 Å². The van der Waals surface area contributed by atoms with Gasteiger partial charge in [0, 0.05) is 6.54 Å². The van der Waals surface area contributed by atoms with Crippen molar-refractivity contribution >= 4 is 28.6 Å². The van der Waals surface area contributed by atoms with E-state index in [-0.39, 0.29) is 25.4 Å². The molecule has 1 unspecified atom stereocenters. The van der Waals surface area contributed by atoms with Crippen LogP contribution in [-0.2, 0) is 20.8 Å². The molecular weight excluding hydrogens is 332 g/mol. The Bertz CT molecular complexity index is 783. The third-order valence-electron chi connectivity index (χ3n) is 4.21. The van der Waals surface area contributed by atoms with Crippen LogP contribution in [0.15, 0.2) is 42.5 Å². The average molecular weight is 356 g/mol. The van der Waals surface area contributed by atoms with E-state index in [9.17, 15) is 14.4 Å². The third-order valence-corrected chi connectivity index (χ3v) is 4.21. The van der Waals surface area contributed by atoms with Gasteiger partial charge in [0.2, 0.25) is 11.8 Å². The topological polar surface area (TPSA) is 95.5 Å². The summed E-state index contributed by atoms with van der Waals surface area (Å²) in [5.41, 5.74) is 0.898. The maximum Gasteiger partial charge on any atom is 0.308 e. The Balaban J connectivity index is 1.82. The summed E-state index contributed by atoms with van der Waals surface area (Å²) in [6.07, 6.45) is 1.42. The second-order valence-corrected chi connectivity index (χ2v) is 6.22. The zero-order valence-electron chi connectivity index (χ0n) is 14.8. The smallest absolute Gasteiger partial charge is 0.308 e. The van der Waals surface area contributed by atoms with Crippen LogP contribution in [0.2, 0.25) is 0 Å². The number of aliphatic carboxylic acids is 1. The lowest BCUT2D eigenvalue weighted by molar-refractivity contribution is -0.142. The first-order valence-electron chi connectivity index (χ1n) is 8.74. The zero-order valence-corrected chi connectivity index (χ0v) is 14.8. The molecule has 0 spiro atoms. The number of carbonyl (C=O) groups is 3. The Morgan fingerprint density at radius 2 is 1.73 bits per heavy atom. The molecule has 2 aromatic carbocycles. The van der Waals surface area contributed by atoms with Crippen molar-refractivity contribution in [2.75, 3.05) is 13.1 Å². The number of fused-ring (bicyclic) bond motifs is 1. The van der Waals surface area contributed by atoms with E-state index in [0.717, 1.165) is 22.8 Å². The number of rotatable bonds is 9. The first kappa shape index (κ1) is 19.4. The first-order chi connectivity index (χ1) is 12.5. The van der Waals surface area contributed by atoms with Crippen LogP contribution in [0, 0.1) is 5.92 Å². The predicted octanol–water partition coefficient (Wildman–Crippen LogP) is 2.12. The standard InChI is InChI=1S/C20H24N2O4/c1-2-6-16(20(25)26)12-21-19(24)13-22-18(23)11-15-9-5-8-14-7-3-4-10-17(14)15/h3-5,7-10,16H,2,6,11-13H2,1H3,(H,21,24)(H,22,23)(H,25,26). The van der Waals surface area contributed by atoms with E-state index >= 15 is 0 Å². The van der Waals surface area contributed by atoms with Gasteiger partial charge in [0.05, 0.1) is 18.9 Å². The molecule has 0 bridgehead atoms. The molecular formula is C20H24N2O4. The van der Waals surface area contributed by atoms with Gasteiger partial charge in [-0.3, -0.25) is 14.4 Å². The molecule has 2 rings (SSSR count). The Morgan fingerprint density at radius 1 is 1.00 bits per heavy atom. The molecule has 2 amide bonds. The molecule has 0 aromatic heterocycles. The average Bonchev–Trinajstić information content (AvgIpc) is 2.63. The van der Waals surface area contributed by atoms with Gasteiger partial charge in [0.25, 0.3) is 0 Å². The summed E-state index contributed by atoms with van der Waals surface area (Å²) in [6, 6.07) is 13.6. The molecule has 26 heavy (non-hydrogen) atoms. The predicted molar refractivity (Wildman–Crippen MR) is 99.7 cm³/mol. The van der Waals surface area contributed by atoms with Gasteiger partial charge in [-0.15, -0.1) is 0 Å². The van der Waals surface area contributed by atoms with Crippen LogP contribution in [0.5, 0.6) is 0 Å². The van der Waals surface area contributed by atoms with Gasteiger partial charge in [-0.1, -0.05) is 55.8 Å². The highest BCUT2D eigenvalue weighted by molar-refractivity contribution is 5.91. The van der Waals surface area contributed by atoms with Crippen LogP contribution in [0.25, 0.3) is 10.8 Å². The molecule has 0 heterocycles. The van der Waals surface area contributed by atoms with E-state index in [2.05, 4.69) is 10.6 Å². The summed E-state index contributed by atoms with van der Waals surface area (Å²) in [5.74, 6) is -2.17. The summed E-state index contributed by atoms with van der Waals surface area (Å²) in [7, 11) is 0. The fourth-order valence-corrected chi connectivity index (χ4v) is 2.82. The van der Waals surface area contributed by atoms with Crippen molar-refractivity contribution in [1.82, 2.24) is 10.6 Å². The molecule has 3 N–H and O–H groups in total. The van der Waals surface area contributed by atoms with Gasteiger partial charge in [-0.2, -0.15) is 0 Å². The van der Waals surface area contributed by atoms with Gasteiger partial charge in [-0.25, -0.2) is 0 Å². The molecule has 1 atom stereocenters. The molecule has 0 saturated carbocycles. The van der Waals surface area contributed by atoms with Crippen LogP contribution in [0.3, 0.4) is 0 Å². The Labute approximate surface area is 152 Å². The van der Waals surface area contributed by atoms with Crippen LogP contribution in [0.4, 0.5) is 0 Å². The number of nitrogens with one attached hydrogen (secondary N) is 2. The van der Waals surface area contributed by atoms with Crippen LogP contribution in [0.1, 0.15) is 25.3 Å². The maximum absolute atomic E-state index is 12.1. The number of benzene rings is 2. The first-order valence-corrected chi connectivity index (χ1v) is 8.74. The molecule has 0 aliphatic carbocycles. The van der Waals surface area contributed by atoms with Gasteiger partial charge in [0.1, 0.15) is 0 Å². The quantitative estimate of drug-likeness (QED) is 0.641. The molecule has 138 valence electrons. The molecule has 6 heteroatoms. The Kier molecular flexibility index (Phi) is 7.14. The van der Waals surface area contributed by atoms with Crippen molar-refractivity contribution in [2.45, 2.75) is 26.2 Å². The molecule has 2 aromatic rings. The zero-order chi connectivity index (χ0) is 18.9. The van der Waals surface area contributed by atoms with Gasteiger partial charge >= 0.3 is 5.97 Å². The fraction of sp³-hybridized carbons (Fsp3) is 0.350. The van der Waals surface area contributed by atoms with E-state index in [1.54, 1.807) is 0 Å². The maximum atomic E-state index is 12.1. The number of carboxylic acids is 1. The summed E-state index contributed by atoms with van der Waals surface area (Å²) in [4.78, 5) is 35.0. The van der Waals surface area contributed by atoms with Gasteiger partial charge in [-0.05, 0) is 22.8 Å². The van der Waals surface area contributed by atoms with Crippen LogP contribution in [-0.4, -0.2) is 36.0 Å². The van der Waals surface area contributed by atoms with Crippen LogP contribution < -0.4 is 10.6 Å². The van der Waals surface area contributed by atoms with E-state index in [1.807, 2.05) is 49.4 Å². The second kappa shape index (κ2) is 9.56. The third kappa shape index (κ3) is 5.58.